The van der Waals surface area contributed by atoms with Crippen molar-refractivity contribution in [2.75, 3.05) is 6.61 Å². The Kier molecular flexibility index (Phi) is 5.99. The number of aromatic nitrogens is 2. The number of ether oxygens (including phenoxy) is 1. The molecule has 7 heteroatoms. The van der Waals surface area contributed by atoms with Gasteiger partial charge in [-0.15, -0.1) is 0 Å². The van der Waals surface area contributed by atoms with Crippen LogP contribution in [0.3, 0.4) is 0 Å². The topological polar surface area (TPSA) is 81.4 Å². The van der Waals surface area contributed by atoms with Crippen LogP contribution < -0.4 is 10.3 Å². The van der Waals surface area contributed by atoms with Crippen LogP contribution in [-0.4, -0.2) is 27.5 Å². The van der Waals surface area contributed by atoms with Crippen LogP contribution in [0.25, 0.3) is 0 Å². The summed E-state index contributed by atoms with van der Waals surface area (Å²) in [6.45, 7) is 0.523. The molecular weight excluding hydrogens is 344 g/mol. The van der Waals surface area contributed by atoms with E-state index in [0.29, 0.717) is 24.9 Å². The fourth-order valence-corrected chi connectivity index (χ4v) is 4.19. The molecule has 2 fully saturated rings. The van der Waals surface area contributed by atoms with E-state index in [0.717, 1.165) is 43.2 Å². The average Bonchev–Trinajstić information content (AvgIpc) is 3.28. The van der Waals surface area contributed by atoms with E-state index in [-0.39, 0.29) is 10.8 Å². The van der Waals surface area contributed by atoms with Crippen LogP contribution >= 0.6 is 11.6 Å². The van der Waals surface area contributed by atoms with Crippen molar-refractivity contribution in [2.45, 2.75) is 63.8 Å². The third kappa shape index (κ3) is 4.35. The fourth-order valence-electron chi connectivity index (χ4n) is 4.00. The fraction of sp³-hybridized carbons (Fsp3) is 0.722. The molecule has 1 atom stereocenters. The number of nitrogens with zero attached hydrogens (tertiary/aromatic N) is 2. The molecule has 0 aliphatic heterocycles. The van der Waals surface area contributed by atoms with Crippen molar-refractivity contribution in [3.63, 3.8) is 0 Å². The third-order valence-electron chi connectivity index (χ3n) is 5.47. The van der Waals surface area contributed by atoms with E-state index in [2.05, 4.69) is 5.10 Å². The summed E-state index contributed by atoms with van der Waals surface area (Å²) in [7, 11) is 0. The first kappa shape index (κ1) is 18.2. The molecule has 0 spiro atoms. The maximum Gasteiger partial charge on any atom is 0.328 e. The van der Waals surface area contributed by atoms with Gasteiger partial charge in [-0.25, -0.2) is 9.48 Å². The SMILES string of the molecule is O=C(O)C(CC1CCCC1)n1ncc(OCC2CCCC2)c(Cl)c1=O. The molecular formula is C18H25ClN2O4. The lowest BCUT2D eigenvalue weighted by atomic mass is 9.98. The third-order valence-corrected chi connectivity index (χ3v) is 5.82. The molecule has 0 bridgehead atoms. The molecule has 1 aromatic rings. The summed E-state index contributed by atoms with van der Waals surface area (Å²) in [5.74, 6) is 0.0246. The molecule has 2 aliphatic rings. The zero-order chi connectivity index (χ0) is 17.8. The van der Waals surface area contributed by atoms with Crippen LogP contribution in [0.15, 0.2) is 11.0 Å². The lowest BCUT2D eigenvalue weighted by Crippen LogP contribution is -2.33. The van der Waals surface area contributed by atoms with E-state index < -0.39 is 17.6 Å². The molecule has 2 aliphatic carbocycles. The first-order valence-corrected chi connectivity index (χ1v) is 9.57. The van der Waals surface area contributed by atoms with E-state index in [1.165, 1.54) is 19.0 Å². The van der Waals surface area contributed by atoms with E-state index in [1.54, 1.807) is 0 Å². The molecule has 1 heterocycles. The normalized spacial score (nSPS) is 20.0. The van der Waals surface area contributed by atoms with Gasteiger partial charge in [0, 0.05) is 0 Å². The van der Waals surface area contributed by atoms with Crippen molar-refractivity contribution in [3.05, 3.63) is 21.6 Å². The van der Waals surface area contributed by atoms with Crippen molar-refractivity contribution in [3.8, 4) is 5.75 Å². The molecule has 25 heavy (non-hydrogen) atoms. The molecule has 0 amide bonds. The Morgan fingerprint density at radius 1 is 1.24 bits per heavy atom. The van der Waals surface area contributed by atoms with Crippen LogP contribution in [0.5, 0.6) is 5.75 Å². The average molecular weight is 369 g/mol. The van der Waals surface area contributed by atoms with Gasteiger partial charge in [-0.05, 0) is 31.1 Å². The van der Waals surface area contributed by atoms with E-state index in [4.69, 9.17) is 16.3 Å². The van der Waals surface area contributed by atoms with Crippen molar-refractivity contribution >= 4 is 17.6 Å². The smallest absolute Gasteiger partial charge is 0.328 e. The Morgan fingerprint density at radius 3 is 2.44 bits per heavy atom. The number of carboxylic acid groups (broad SMARTS) is 1. The number of rotatable bonds is 7. The minimum Gasteiger partial charge on any atom is -0.490 e. The second-order valence-electron chi connectivity index (χ2n) is 7.27. The quantitative estimate of drug-likeness (QED) is 0.794. The van der Waals surface area contributed by atoms with Crippen molar-refractivity contribution in [1.82, 2.24) is 9.78 Å². The lowest BCUT2D eigenvalue weighted by Gasteiger charge is -2.19. The Balaban J connectivity index is 1.74. The van der Waals surface area contributed by atoms with Gasteiger partial charge in [-0.1, -0.05) is 50.1 Å². The van der Waals surface area contributed by atoms with Gasteiger partial charge in [0.2, 0.25) is 0 Å². The highest BCUT2D eigenvalue weighted by Crippen LogP contribution is 2.32. The number of hydrogen-bond donors (Lipinski definition) is 1. The molecule has 0 aromatic carbocycles. The molecule has 1 aromatic heterocycles. The highest BCUT2D eigenvalue weighted by Gasteiger charge is 2.29. The van der Waals surface area contributed by atoms with Gasteiger partial charge < -0.3 is 9.84 Å². The van der Waals surface area contributed by atoms with E-state index in [1.807, 2.05) is 0 Å². The maximum absolute atomic E-state index is 12.5. The number of halogens is 1. The van der Waals surface area contributed by atoms with Crippen LogP contribution in [0.4, 0.5) is 0 Å². The number of carbonyl (C=O) groups is 1. The summed E-state index contributed by atoms with van der Waals surface area (Å²) in [6, 6.07) is -0.975. The molecule has 1 unspecified atom stereocenters. The van der Waals surface area contributed by atoms with Crippen LogP contribution in [0.1, 0.15) is 63.8 Å². The summed E-state index contributed by atoms with van der Waals surface area (Å²) in [5, 5.41) is 13.5. The van der Waals surface area contributed by atoms with E-state index >= 15 is 0 Å². The van der Waals surface area contributed by atoms with Crippen LogP contribution in [0.2, 0.25) is 5.02 Å². The molecule has 138 valence electrons. The molecule has 0 saturated heterocycles. The molecule has 1 N–H and O–H groups in total. The predicted molar refractivity (Wildman–Crippen MR) is 94.2 cm³/mol. The van der Waals surface area contributed by atoms with Crippen molar-refractivity contribution < 1.29 is 14.6 Å². The van der Waals surface area contributed by atoms with Crippen LogP contribution in [0, 0.1) is 11.8 Å². The standard InChI is InChI=1S/C18H25ClN2O4/c19-16-15(25-11-13-7-3-4-8-13)10-20-21(17(16)22)14(18(23)24)9-12-5-1-2-6-12/h10,12-14H,1-9,11H2,(H,23,24). The van der Waals surface area contributed by atoms with Crippen molar-refractivity contribution in [2.24, 2.45) is 11.8 Å². The largest absolute Gasteiger partial charge is 0.490 e. The number of carboxylic acids is 1. The molecule has 0 radical (unpaired) electrons. The minimum atomic E-state index is -1.04. The zero-order valence-electron chi connectivity index (χ0n) is 14.3. The maximum atomic E-state index is 12.5. The van der Waals surface area contributed by atoms with Crippen molar-refractivity contribution in [1.29, 1.82) is 0 Å². The second kappa shape index (κ2) is 8.21. The summed E-state index contributed by atoms with van der Waals surface area (Å²) in [5.41, 5.74) is -0.587. The molecule has 3 rings (SSSR count). The monoisotopic (exact) mass is 368 g/mol. The van der Waals surface area contributed by atoms with Gasteiger partial charge in [0.1, 0.15) is 0 Å². The molecule has 6 nitrogen and oxygen atoms in total. The first-order chi connectivity index (χ1) is 12.1. The molecule has 2 saturated carbocycles. The lowest BCUT2D eigenvalue weighted by molar-refractivity contribution is -0.142. The van der Waals surface area contributed by atoms with Crippen LogP contribution in [-0.2, 0) is 4.79 Å². The van der Waals surface area contributed by atoms with Gasteiger partial charge in [0.25, 0.3) is 5.56 Å². The van der Waals surface area contributed by atoms with E-state index in [9.17, 15) is 14.7 Å². The van der Waals surface area contributed by atoms with Gasteiger partial charge in [0.05, 0.1) is 12.8 Å². The summed E-state index contributed by atoms with van der Waals surface area (Å²) < 4.78 is 6.68. The van der Waals surface area contributed by atoms with Gasteiger partial charge in [-0.3, -0.25) is 4.79 Å². The zero-order valence-corrected chi connectivity index (χ0v) is 15.1. The summed E-state index contributed by atoms with van der Waals surface area (Å²) in [4.78, 5) is 24.2. The van der Waals surface area contributed by atoms with Gasteiger partial charge >= 0.3 is 5.97 Å². The number of aliphatic carboxylic acids is 1. The second-order valence-corrected chi connectivity index (χ2v) is 7.65. The predicted octanol–water partition coefficient (Wildman–Crippen LogP) is 3.67. The number of hydrogen-bond acceptors (Lipinski definition) is 4. The van der Waals surface area contributed by atoms with Gasteiger partial charge in [0.15, 0.2) is 16.8 Å². The first-order valence-electron chi connectivity index (χ1n) is 9.19. The Morgan fingerprint density at radius 2 is 1.84 bits per heavy atom. The Labute approximate surface area is 152 Å². The Hall–Kier alpha value is -1.56. The highest BCUT2D eigenvalue weighted by molar-refractivity contribution is 6.31. The summed E-state index contributed by atoms with van der Waals surface area (Å²) in [6.07, 6.45) is 10.7. The Bertz CT molecular complexity index is 664. The summed E-state index contributed by atoms with van der Waals surface area (Å²) >= 11 is 6.16. The minimum absolute atomic E-state index is 0.0781. The van der Waals surface area contributed by atoms with Gasteiger partial charge in [-0.2, -0.15) is 5.10 Å². The highest BCUT2D eigenvalue weighted by atomic mass is 35.5.